The van der Waals surface area contributed by atoms with E-state index in [-0.39, 0.29) is 17.7 Å². The summed E-state index contributed by atoms with van der Waals surface area (Å²) in [4.78, 5) is 15.5. The number of ether oxygens (including phenoxy) is 2. The van der Waals surface area contributed by atoms with Crippen LogP contribution in [0.5, 0.6) is 11.5 Å². The molecule has 2 aliphatic rings. The van der Waals surface area contributed by atoms with Gasteiger partial charge in [0.2, 0.25) is 0 Å². The smallest absolute Gasteiger partial charge is 0.340 e. The van der Waals surface area contributed by atoms with Gasteiger partial charge in [0.25, 0.3) is 0 Å². The van der Waals surface area contributed by atoms with Crippen molar-refractivity contribution in [2.24, 2.45) is 0 Å². The van der Waals surface area contributed by atoms with Crippen molar-refractivity contribution in [3.63, 3.8) is 0 Å². The number of fused-ring (bicyclic) bond motifs is 6. The first-order valence-corrected chi connectivity index (χ1v) is 13.7. The van der Waals surface area contributed by atoms with Crippen molar-refractivity contribution in [1.82, 2.24) is 0 Å². The Hall–Kier alpha value is -3.96. The molecule has 0 saturated carbocycles. The molecule has 0 aromatic heterocycles. The lowest BCUT2D eigenvalue weighted by Crippen LogP contribution is -2.51. The van der Waals surface area contributed by atoms with Gasteiger partial charge in [-0.15, -0.1) is 0 Å². The lowest BCUT2D eigenvalue weighted by molar-refractivity contribution is 0.0224. The van der Waals surface area contributed by atoms with Crippen molar-refractivity contribution >= 4 is 28.9 Å². The summed E-state index contributed by atoms with van der Waals surface area (Å²) in [5.41, 5.74) is 3.78. The zero-order valence-electron chi connectivity index (χ0n) is 22.5. The number of carbonyl (C=O) groups is 1. The molecule has 0 saturated heterocycles. The molecule has 198 valence electrons. The Morgan fingerprint density at radius 2 is 1.54 bits per heavy atom. The van der Waals surface area contributed by atoms with E-state index in [1.54, 1.807) is 0 Å². The van der Waals surface area contributed by atoms with Crippen LogP contribution in [0.4, 0.5) is 11.4 Å². The van der Waals surface area contributed by atoms with Crippen LogP contribution in [0.15, 0.2) is 91.0 Å². The van der Waals surface area contributed by atoms with Gasteiger partial charge >= 0.3 is 5.97 Å². The van der Waals surface area contributed by atoms with Gasteiger partial charge in [-0.05, 0) is 75.7 Å². The molecule has 2 atom stereocenters. The van der Waals surface area contributed by atoms with E-state index in [9.17, 15) is 4.79 Å². The fourth-order valence-corrected chi connectivity index (χ4v) is 6.01. The minimum atomic E-state index is -1.06. The van der Waals surface area contributed by atoms with Crippen LogP contribution in [-0.2, 0) is 10.3 Å². The van der Waals surface area contributed by atoms with E-state index in [0.29, 0.717) is 22.1 Å². The number of benzene rings is 4. The summed E-state index contributed by atoms with van der Waals surface area (Å²) in [5, 5.41) is 4.39. The maximum atomic E-state index is 13.1. The monoisotopic (exact) mass is 538 g/mol. The Bertz CT molecular complexity index is 1560. The third-order valence-corrected chi connectivity index (χ3v) is 7.73. The molecule has 4 aromatic carbocycles. The molecule has 6 rings (SSSR count). The summed E-state index contributed by atoms with van der Waals surface area (Å²) in [5.74, 6) is 1.03. The van der Waals surface area contributed by atoms with E-state index >= 15 is 0 Å². The second-order valence-electron chi connectivity index (χ2n) is 11.0. The SMILES string of the molecule is CCC(Nc1ccc(Cl)cc1)N(c1ccc2c(c1)Oc1ccccc1C21OC(=O)c2ccccc21)C(C)(C)C. The molecule has 2 heterocycles. The van der Waals surface area contributed by atoms with Crippen LogP contribution in [0, 0.1) is 0 Å². The molecule has 0 radical (unpaired) electrons. The molecular weight excluding hydrogens is 508 g/mol. The van der Waals surface area contributed by atoms with E-state index in [2.05, 4.69) is 50.0 Å². The molecular formula is C33H31ClN2O3. The van der Waals surface area contributed by atoms with E-state index < -0.39 is 5.60 Å². The normalized spacial score (nSPS) is 17.9. The first-order chi connectivity index (χ1) is 18.7. The average Bonchev–Trinajstić information content (AvgIpc) is 3.21. The highest BCUT2D eigenvalue weighted by Crippen LogP contribution is 2.56. The van der Waals surface area contributed by atoms with Crippen molar-refractivity contribution in [3.05, 3.63) is 118 Å². The van der Waals surface area contributed by atoms with Gasteiger partial charge in [-0.1, -0.05) is 54.9 Å². The fourth-order valence-electron chi connectivity index (χ4n) is 5.89. The van der Waals surface area contributed by atoms with Crippen molar-refractivity contribution in [1.29, 1.82) is 0 Å². The summed E-state index contributed by atoms with van der Waals surface area (Å²) in [6, 6.07) is 29.4. The van der Waals surface area contributed by atoms with Crippen molar-refractivity contribution < 1.29 is 14.3 Å². The number of para-hydroxylation sites is 1. The van der Waals surface area contributed by atoms with Crippen molar-refractivity contribution in [2.75, 3.05) is 10.2 Å². The minimum absolute atomic E-state index is 0.000836. The molecule has 0 bridgehead atoms. The first kappa shape index (κ1) is 25.3. The number of hydrogen-bond acceptors (Lipinski definition) is 5. The van der Waals surface area contributed by atoms with E-state index in [0.717, 1.165) is 34.5 Å². The number of nitrogens with zero attached hydrogens (tertiary/aromatic N) is 1. The molecule has 0 fully saturated rings. The van der Waals surface area contributed by atoms with Gasteiger partial charge < -0.3 is 19.7 Å². The van der Waals surface area contributed by atoms with Crippen molar-refractivity contribution in [3.8, 4) is 11.5 Å². The summed E-state index contributed by atoms with van der Waals surface area (Å²) >= 11 is 6.13. The van der Waals surface area contributed by atoms with Crippen LogP contribution in [0.25, 0.3) is 0 Å². The van der Waals surface area contributed by atoms with Crippen molar-refractivity contribution in [2.45, 2.75) is 51.4 Å². The highest BCUT2D eigenvalue weighted by molar-refractivity contribution is 6.30. The maximum absolute atomic E-state index is 13.1. The maximum Gasteiger partial charge on any atom is 0.340 e. The fraction of sp³-hybridized carbons (Fsp3) is 0.242. The largest absolute Gasteiger partial charge is 0.456 e. The van der Waals surface area contributed by atoms with Crippen LogP contribution in [0.3, 0.4) is 0 Å². The number of hydrogen-bond donors (Lipinski definition) is 1. The average molecular weight is 539 g/mol. The van der Waals surface area contributed by atoms with Gasteiger partial charge in [0.1, 0.15) is 11.5 Å². The Balaban J connectivity index is 1.48. The predicted molar refractivity (Wildman–Crippen MR) is 156 cm³/mol. The number of anilines is 2. The molecule has 2 unspecified atom stereocenters. The Labute approximate surface area is 234 Å². The molecule has 6 heteroatoms. The van der Waals surface area contributed by atoms with Gasteiger partial charge in [-0.2, -0.15) is 0 Å². The standard InChI is InChI=1S/C33H31ClN2O3/c1-5-30(35-22-16-14-21(34)15-17-22)36(32(2,3)4)23-18-19-27-29(20-23)38-28-13-9-8-12-26(28)33(27)25-11-7-6-10-24(25)31(37)39-33/h6-20,30,35H,5H2,1-4H3. The number of nitrogens with one attached hydrogen (secondary N) is 1. The van der Waals surface area contributed by atoms with Gasteiger partial charge in [-0.25, -0.2) is 4.79 Å². The van der Waals surface area contributed by atoms with Gasteiger partial charge in [0.05, 0.1) is 11.7 Å². The molecule has 1 N–H and O–H groups in total. The molecule has 0 aliphatic carbocycles. The minimum Gasteiger partial charge on any atom is -0.456 e. The first-order valence-electron chi connectivity index (χ1n) is 13.3. The van der Waals surface area contributed by atoms with Crippen LogP contribution < -0.4 is 15.0 Å². The lowest BCUT2D eigenvalue weighted by atomic mass is 9.77. The third-order valence-electron chi connectivity index (χ3n) is 7.48. The Morgan fingerprint density at radius 3 is 2.26 bits per heavy atom. The number of esters is 1. The lowest BCUT2D eigenvalue weighted by Gasteiger charge is -2.45. The Morgan fingerprint density at radius 1 is 0.872 bits per heavy atom. The molecule has 2 aliphatic heterocycles. The highest BCUT2D eigenvalue weighted by Gasteiger charge is 2.53. The second kappa shape index (κ2) is 9.35. The molecule has 39 heavy (non-hydrogen) atoms. The van der Waals surface area contributed by atoms with E-state index in [1.165, 1.54) is 0 Å². The zero-order valence-corrected chi connectivity index (χ0v) is 23.3. The summed E-state index contributed by atoms with van der Waals surface area (Å²) in [6.45, 7) is 8.77. The molecule has 4 aromatic rings. The van der Waals surface area contributed by atoms with E-state index in [1.807, 2.05) is 78.9 Å². The summed E-state index contributed by atoms with van der Waals surface area (Å²) < 4.78 is 12.8. The molecule has 1 spiro atoms. The molecule has 5 nitrogen and oxygen atoms in total. The zero-order chi connectivity index (χ0) is 27.4. The van der Waals surface area contributed by atoms with Crippen LogP contribution in [0.1, 0.15) is 61.2 Å². The predicted octanol–water partition coefficient (Wildman–Crippen LogP) is 8.36. The van der Waals surface area contributed by atoms with Crippen LogP contribution >= 0.6 is 11.6 Å². The molecule has 0 amide bonds. The van der Waals surface area contributed by atoms with Gasteiger partial charge in [-0.3, -0.25) is 0 Å². The third kappa shape index (κ3) is 4.12. The number of rotatable bonds is 5. The van der Waals surface area contributed by atoms with E-state index in [4.69, 9.17) is 21.1 Å². The Kier molecular flexibility index (Phi) is 6.07. The number of halogens is 1. The van der Waals surface area contributed by atoms with Crippen LogP contribution in [-0.4, -0.2) is 17.7 Å². The second-order valence-corrected chi connectivity index (χ2v) is 11.4. The summed E-state index contributed by atoms with van der Waals surface area (Å²) in [7, 11) is 0. The van der Waals surface area contributed by atoms with Gasteiger partial charge in [0.15, 0.2) is 5.60 Å². The van der Waals surface area contributed by atoms with Gasteiger partial charge in [0, 0.05) is 44.7 Å². The quantitative estimate of drug-likeness (QED) is 0.204. The number of carbonyl (C=O) groups excluding carboxylic acids is 1. The van der Waals surface area contributed by atoms with Crippen LogP contribution in [0.2, 0.25) is 5.02 Å². The topological polar surface area (TPSA) is 50.8 Å². The highest BCUT2D eigenvalue weighted by atomic mass is 35.5. The summed E-state index contributed by atoms with van der Waals surface area (Å²) in [6.07, 6.45) is 0.856.